The number of guanidine groups is 1. The smallest absolute Gasteiger partial charge is 0.191 e. The number of nitrogens with one attached hydrogen (secondary N) is 2. The van der Waals surface area contributed by atoms with E-state index in [4.69, 9.17) is 9.26 Å². The third-order valence-corrected chi connectivity index (χ3v) is 4.38. The molecule has 0 aliphatic carbocycles. The van der Waals surface area contributed by atoms with Crippen molar-refractivity contribution in [3.63, 3.8) is 0 Å². The van der Waals surface area contributed by atoms with E-state index in [-0.39, 0.29) is 29.5 Å². The van der Waals surface area contributed by atoms with Gasteiger partial charge in [-0.3, -0.25) is 9.89 Å². The van der Waals surface area contributed by atoms with E-state index < -0.39 is 0 Å². The molecule has 0 radical (unpaired) electrons. The number of aliphatic imine (C=N–C) groups is 1. The molecule has 0 atom stereocenters. The number of ether oxygens (including phenoxy) is 1. The quantitative estimate of drug-likeness (QED) is 0.381. The highest BCUT2D eigenvalue weighted by atomic mass is 127. The molecule has 1 aromatic heterocycles. The average Bonchev–Trinajstić information content (AvgIpc) is 3.05. The van der Waals surface area contributed by atoms with E-state index in [2.05, 4.69) is 53.4 Å². The second kappa shape index (κ2) is 10.3. The molecule has 1 saturated heterocycles. The highest BCUT2D eigenvalue weighted by Gasteiger charge is 2.28. The van der Waals surface area contributed by atoms with Crippen LogP contribution in [0.25, 0.3) is 0 Å². The van der Waals surface area contributed by atoms with Crippen molar-refractivity contribution in [3.8, 4) is 0 Å². The van der Waals surface area contributed by atoms with Crippen LogP contribution in [0.15, 0.2) is 15.6 Å². The van der Waals surface area contributed by atoms with Gasteiger partial charge < -0.3 is 19.9 Å². The summed E-state index contributed by atoms with van der Waals surface area (Å²) in [6.07, 6.45) is 0. The Hall–Kier alpha value is -0.870. The standard InChI is InChI=1S/C17H31N5O2.HI/c1-13(2)15-10-14(24-21-15)11-19-16(18-5)20-12-17(3,4)22-6-8-23-9-7-22;/h10,13H,6-9,11-12H2,1-5H3,(H2,18,19,20);1H. The maximum Gasteiger partial charge on any atom is 0.191 e. The number of morpholine rings is 1. The highest BCUT2D eigenvalue weighted by molar-refractivity contribution is 14.0. The van der Waals surface area contributed by atoms with Gasteiger partial charge in [-0.05, 0) is 19.8 Å². The van der Waals surface area contributed by atoms with Crippen molar-refractivity contribution in [2.75, 3.05) is 39.9 Å². The summed E-state index contributed by atoms with van der Waals surface area (Å²) < 4.78 is 10.8. The minimum absolute atomic E-state index is 0. The maximum absolute atomic E-state index is 5.43. The molecule has 0 spiro atoms. The Morgan fingerprint density at radius 1 is 1.32 bits per heavy atom. The van der Waals surface area contributed by atoms with Gasteiger partial charge in [0.2, 0.25) is 0 Å². The Kier molecular flexibility index (Phi) is 9.15. The third-order valence-electron chi connectivity index (χ3n) is 4.38. The highest BCUT2D eigenvalue weighted by Crippen LogP contribution is 2.15. The first kappa shape index (κ1) is 22.2. The number of halogens is 1. The lowest BCUT2D eigenvalue weighted by molar-refractivity contribution is -0.00834. The van der Waals surface area contributed by atoms with E-state index in [0.717, 1.165) is 50.3 Å². The van der Waals surface area contributed by atoms with Crippen molar-refractivity contribution in [2.45, 2.75) is 45.7 Å². The van der Waals surface area contributed by atoms with Gasteiger partial charge >= 0.3 is 0 Å². The van der Waals surface area contributed by atoms with Gasteiger partial charge in [-0.2, -0.15) is 0 Å². The van der Waals surface area contributed by atoms with E-state index in [0.29, 0.717) is 12.5 Å². The van der Waals surface area contributed by atoms with Gasteiger partial charge in [0.05, 0.1) is 25.5 Å². The zero-order valence-electron chi connectivity index (χ0n) is 16.0. The molecule has 0 bridgehead atoms. The molecular formula is C17H32IN5O2. The van der Waals surface area contributed by atoms with Gasteiger partial charge in [0, 0.05) is 38.3 Å². The van der Waals surface area contributed by atoms with E-state index in [1.165, 1.54) is 0 Å². The first-order valence-corrected chi connectivity index (χ1v) is 8.65. The van der Waals surface area contributed by atoms with Crippen LogP contribution >= 0.6 is 24.0 Å². The Labute approximate surface area is 168 Å². The Bertz CT molecular complexity index is 539. The normalized spacial score (nSPS) is 16.6. The van der Waals surface area contributed by atoms with Gasteiger partial charge in [0.1, 0.15) is 0 Å². The van der Waals surface area contributed by atoms with E-state index >= 15 is 0 Å². The fraction of sp³-hybridized carbons (Fsp3) is 0.765. The maximum atomic E-state index is 5.43. The zero-order valence-corrected chi connectivity index (χ0v) is 18.3. The van der Waals surface area contributed by atoms with Crippen molar-refractivity contribution in [2.24, 2.45) is 4.99 Å². The van der Waals surface area contributed by atoms with Crippen LogP contribution in [0.2, 0.25) is 0 Å². The number of hydrogen-bond acceptors (Lipinski definition) is 5. The van der Waals surface area contributed by atoms with Crippen LogP contribution in [0.1, 0.15) is 45.1 Å². The Balaban J connectivity index is 0.00000312. The average molecular weight is 465 g/mol. The fourth-order valence-electron chi connectivity index (χ4n) is 2.66. The van der Waals surface area contributed by atoms with Gasteiger partial charge in [-0.15, -0.1) is 24.0 Å². The number of nitrogens with zero attached hydrogens (tertiary/aromatic N) is 3. The van der Waals surface area contributed by atoms with Crippen molar-refractivity contribution in [1.29, 1.82) is 0 Å². The van der Waals surface area contributed by atoms with E-state index in [9.17, 15) is 0 Å². The summed E-state index contributed by atoms with van der Waals surface area (Å²) in [6, 6.07) is 1.99. The first-order chi connectivity index (χ1) is 11.4. The number of hydrogen-bond donors (Lipinski definition) is 2. The second-order valence-electron chi connectivity index (χ2n) is 7.06. The van der Waals surface area contributed by atoms with E-state index in [1.54, 1.807) is 7.05 Å². The van der Waals surface area contributed by atoms with Crippen molar-refractivity contribution >= 4 is 29.9 Å². The van der Waals surface area contributed by atoms with Crippen LogP contribution in [0.5, 0.6) is 0 Å². The fourth-order valence-corrected chi connectivity index (χ4v) is 2.66. The molecule has 1 fully saturated rings. The van der Waals surface area contributed by atoms with Crippen molar-refractivity contribution < 1.29 is 9.26 Å². The molecular weight excluding hydrogens is 433 g/mol. The first-order valence-electron chi connectivity index (χ1n) is 8.65. The SMILES string of the molecule is CN=C(NCc1cc(C(C)C)no1)NCC(C)(C)N1CCOCC1.I. The number of aromatic nitrogens is 1. The van der Waals surface area contributed by atoms with Gasteiger partial charge in [-0.1, -0.05) is 19.0 Å². The van der Waals surface area contributed by atoms with Crippen molar-refractivity contribution in [3.05, 3.63) is 17.5 Å². The van der Waals surface area contributed by atoms with Crippen LogP contribution in [0, 0.1) is 0 Å². The van der Waals surface area contributed by atoms with E-state index in [1.807, 2.05) is 6.07 Å². The van der Waals surface area contributed by atoms with Gasteiger partial charge in [-0.25, -0.2) is 0 Å². The molecule has 1 aliphatic rings. The second-order valence-corrected chi connectivity index (χ2v) is 7.06. The third kappa shape index (κ3) is 6.74. The predicted molar refractivity (Wildman–Crippen MR) is 111 cm³/mol. The lowest BCUT2D eigenvalue weighted by Gasteiger charge is -2.41. The molecule has 0 aromatic carbocycles. The van der Waals surface area contributed by atoms with Crippen molar-refractivity contribution in [1.82, 2.24) is 20.7 Å². The summed E-state index contributed by atoms with van der Waals surface area (Å²) in [7, 11) is 1.77. The summed E-state index contributed by atoms with van der Waals surface area (Å²) in [5.41, 5.74) is 1.02. The molecule has 0 amide bonds. The predicted octanol–water partition coefficient (Wildman–Crippen LogP) is 2.19. The van der Waals surface area contributed by atoms with Crippen LogP contribution in [0.3, 0.4) is 0 Å². The Morgan fingerprint density at radius 3 is 2.56 bits per heavy atom. The monoisotopic (exact) mass is 465 g/mol. The molecule has 25 heavy (non-hydrogen) atoms. The topological polar surface area (TPSA) is 74.9 Å². The zero-order chi connectivity index (χ0) is 17.6. The van der Waals surface area contributed by atoms with Crippen LogP contribution in [-0.2, 0) is 11.3 Å². The lowest BCUT2D eigenvalue weighted by atomic mass is 10.0. The van der Waals surface area contributed by atoms with Gasteiger partial charge in [0.25, 0.3) is 0 Å². The van der Waals surface area contributed by atoms with Crippen LogP contribution in [0.4, 0.5) is 0 Å². The summed E-state index contributed by atoms with van der Waals surface area (Å²) in [4.78, 5) is 6.73. The summed E-state index contributed by atoms with van der Waals surface area (Å²) in [5, 5.41) is 10.7. The molecule has 144 valence electrons. The van der Waals surface area contributed by atoms with Crippen LogP contribution in [-0.4, -0.2) is 61.5 Å². The molecule has 8 heteroatoms. The summed E-state index contributed by atoms with van der Waals surface area (Å²) in [6.45, 7) is 13.6. The molecule has 1 aliphatic heterocycles. The molecule has 1 aromatic rings. The molecule has 2 N–H and O–H groups in total. The van der Waals surface area contributed by atoms with Gasteiger partial charge in [0.15, 0.2) is 11.7 Å². The minimum Gasteiger partial charge on any atom is -0.379 e. The minimum atomic E-state index is 0. The molecule has 2 rings (SSSR count). The number of rotatable bonds is 6. The molecule has 0 unspecified atom stereocenters. The largest absolute Gasteiger partial charge is 0.379 e. The lowest BCUT2D eigenvalue weighted by Crippen LogP contribution is -2.56. The molecule has 0 saturated carbocycles. The summed E-state index contributed by atoms with van der Waals surface area (Å²) in [5.74, 6) is 1.95. The Morgan fingerprint density at radius 2 is 2.00 bits per heavy atom. The molecule has 2 heterocycles. The molecule has 7 nitrogen and oxygen atoms in total. The van der Waals surface area contributed by atoms with Crippen LogP contribution < -0.4 is 10.6 Å². The summed E-state index contributed by atoms with van der Waals surface area (Å²) >= 11 is 0.